The quantitative estimate of drug-likeness (QED) is 0.573. The number of para-hydroxylation sites is 2. The molecular formula is C17H17NO. The van der Waals surface area contributed by atoms with Gasteiger partial charge in [0.1, 0.15) is 0 Å². The molecule has 2 aromatic rings. The van der Waals surface area contributed by atoms with E-state index >= 15 is 0 Å². The van der Waals surface area contributed by atoms with Crippen molar-refractivity contribution in [2.24, 2.45) is 0 Å². The Balaban J connectivity index is 2.48. The molecule has 2 aromatic carbocycles. The molecule has 0 aliphatic rings. The van der Waals surface area contributed by atoms with Gasteiger partial charge >= 0.3 is 0 Å². The minimum absolute atomic E-state index is 0.577. The summed E-state index contributed by atoms with van der Waals surface area (Å²) in [6.45, 7) is 6.25. The Labute approximate surface area is 114 Å². The predicted octanol–water partition coefficient (Wildman–Crippen LogP) is 4.49. The van der Waals surface area contributed by atoms with Crippen LogP contribution >= 0.6 is 0 Å². The van der Waals surface area contributed by atoms with Crippen LogP contribution in [0.1, 0.15) is 6.92 Å². The number of rotatable bonds is 5. The lowest BCUT2D eigenvalue weighted by Gasteiger charge is -2.25. The van der Waals surface area contributed by atoms with E-state index in [2.05, 4.69) is 12.3 Å². The number of hydrogen-bond acceptors (Lipinski definition) is 2. The van der Waals surface area contributed by atoms with Crippen molar-refractivity contribution in [1.29, 1.82) is 0 Å². The Morgan fingerprint density at radius 1 is 1.00 bits per heavy atom. The van der Waals surface area contributed by atoms with E-state index in [1.807, 2.05) is 72.5 Å². The Morgan fingerprint density at radius 3 is 1.84 bits per heavy atom. The van der Waals surface area contributed by atoms with Crippen LogP contribution in [0.25, 0.3) is 0 Å². The Kier molecular flexibility index (Phi) is 4.44. The number of ether oxygens (including phenoxy) is 1. The van der Waals surface area contributed by atoms with E-state index in [1.54, 1.807) is 0 Å². The van der Waals surface area contributed by atoms with Gasteiger partial charge in [0.05, 0.1) is 6.61 Å². The second-order valence-electron chi connectivity index (χ2n) is 3.92. The molecule has 0 amide bonds. The van der Waals surface area contributed by atoms with Gasteiger partial charge in [-0.25, -0.2) is 0 Å². The van der Waals surface area contributed by atoms with Crippen LogP contribution in [0.4, 0.5) is 11.4 Å². The van der Waals surface area contributed by atoms with Gasteiger partial charge in [-0.1, -0.05) is 48.7 Å². The molecule has 2 rings (SSSR count). The molecule has 0 heterocycles. The first-order valence-corrected chi connectivity index (χ1v) is 6.30. The third kappa shape index (κ3) is 3.06. The summed E-state index contributed by atoms with van der Waals surface area (Å²) in [4.78, 5) is 2.00. The molecule has 96 valence electrons. The van der Waals surface area contributed by atoms with Crippen LogP contribution in [0.5, 0.6) is 0 Å². The Morgan fingerprint density at radius 2 is 1.47 bits per heavy atom. The molecule has 0 bridgehead atoms. The fourth-order valence-electron chi connectivity index (χ4n) is 1.87. The van der Waals surface area contributed by atoms with E-state index in [4.69, 9.17) is 4.74 Å². The maximum atomic E-state index is 5.63. The molecule has 19 heavy (non-hydrogen) atoms. The molecule has 0 aliphatic heterocycles. The van der Waals surface area contributed by atoms with Crippen molar-refractivity contribution >= 4 is 11.4 Å². The van der Waals surface area contributed by atoms with Crippen molar-refractivity contribution in [2.45, 2.75) is 6.92 Å². The molecule has 0 fully saturated rings. The average molecular weight is 251 g/mol. The molecule has 0 spiro atoms. The van der Waals surface area contributed by atoms with Crippen LogP contribution in [-0.2, 0) is 4.74 Å². The van der Waals surface area contributed by atoms with Gasteiger partial charge in [0.2, 0.25) is 5.88 Å². The highest BCUT2D eigenvalue weighted by Crippen LogP contribution is 2.29. The first-order valence-electron chi connectivity index (χ1n) is 6.30. The van der Waals surface area contributed by atoms with Crippen molar-refractivity contribution in [3.05, 3.63) is 78.9 Å². The Bertz CT molecular complexity index is 517. The van der Waals surface area contributed by atoms with Crippen molar-refractivity contribution < 1.29 is 4.74 Å². The van der Waals surface area contributed by atoms with Crippen LogP contribution in [0.15, 0.2) is 78.9 Å². The molecule has 0 radical (unpaired) electrons. The smallest absolute Gasteiger partial charge is 0.244 e. The molecule has 2 heteroatoms. The van der Waals surface area contributed by atoms with E-state index < -0.39 is 0 Å². The Hall–Kier alpha value is -2.44. The molecule has 0 aliphatic carbocycles. The van der Waals surface area contributed by atoms with Crippen molar-refractivity contribution in [3.63, 3.8) is 0 Å². The highest BCUT2D eigenvalue weighted by molar-refractivity contribution is 5.67. The highest BCUT2D eigenvalue weighted by atomic mass is 16.5. The third-order valence-electron chi connectivity index (χ3n) is 2.66. The van der Waals surface area contributed by atoms with Crippen molar-refractivity contribution in [2.75, 3.05) is 11.5 Å². The summed E-state index contributed by atoms with van der Waals surface area (Å²) in [5.41, 5.74) is 4.91. The zero-order valence-electron chi connectivity index (χ0n) is 11.0. The van der Waals surface area contributed by atoms with E-state index in [0.717, 1.165) is 11.4 Å². The van der Waals surface area contributed by atoms with Gasteiger partial charge < -0.3 is 4.74 Å². The molecule has 0 saturated heterocycles. The molecule has 0 atom stereocenters. The number of hydrogen-bond donors (Lipinski definition) is 0. The zero-order valence-corrected chi connectivity index (χ0v) is 11.0. The lowest BCUT2D eigenvalue weighted by atomic mass is 10.2. The molecule has 0 aromatic heterocycles. The molecule has 0 unspecified atom stereocenters. The van der Waals surface area contributed by atoms with E-state index in [0.29, 0.717) is 12.5 Å². The van der Waals surface area contributed by atoms with Crippen LogP contribution in [0, 0.1) is 0 Å². The van der Waals surface area contributed by atoms with Gasteiger partial charge in [-0.05, 0) is 31.2 Å². The predicted molar refractivity (Wildman–Crippen MR) is 79.3 cm³/mol. The summed E-state index contributed by atoms with van der Waals surface area (Å²) in [6.07, 6.45) is 0. The standard InChI is InChI=1S/C17H17NO/c1-3-17(19-4-2)18(15-11-7-5-8-12-15)16-13-9-6-10-14-16/h5-14H,1,4H2,2H3. The lowest BCUT2D eigenvalue weighted by molar-refractivity contribution is 0.226. The number of anilines is 2. The van der Waals surface area contributed by atoms with Gasteiger partial charge in [0.15, 0.2) is 0 Å². The van der Waals surface area contributed by atoms with Crippen LogP contribution in [-0.4, -0.2) is 6.61 Å². The highest BCUT2D eigenvalue weighted by Gasteiger charge is 2.14. The fraction of sp³-hybridized carbons (Fsp3) is 0.118. The SMILES string of the molecule is C=C=C(OCC)N(c1ccccc1)c1ccccc1. The van der Waals surface area contributed by atoms with Crippen LogP contribution < -0.4 is 4.90 Å². The van der Waals surface area contributed by atoms with Crippen LogP contribution in [0.2, 0.25) is 0 Å². The number of nitrogens with zero attached hydrogens (tertiary/aromatic N) is 1. The first kappa shape index (κ1) is 13.0. The summed E-state index contributed by atoms with van der Waals surface area (Å²) in [5.74, 6) is 0.611. The summed E-state index contributed by atoms with van der Waals surface area (Å²) in [7, 11) is 0. The van der Waals surface area contributed by atoms with Gasteiger partial charge in [-0.2, -0.15) is 0 Å². The zero-order chi connectivity index (χ0) is 13.5. The number of benzene rings is 2. The largest absolute Gasteiger partial charge is 0.473 e. The van der Waals surface area contributed by atoms with E-state index in [1.165, 1.54) is 0 Å². The second kappa shape index (κ2) is 6.48. The van der Waals surface area contributed by atoms with E-state index in [-0.39, 0.29) is 0 Å². The first-order chi connectivity index (χ1) is 9.36. The maximum Gasteiger partial charge on any atom is 0.244 e. The van der Waals surface area contributed by atoms with Crippen molar-refractivity contribution in [1.82, 2.24) is 0 Å². The van der Waals surface area contributed by atoms with Crippen molar-refractivity contribution in [3.8, 4) is 0 Å². The molecular weight excluding hydrogens is 234 g/mol. The molecule has 0 saturated carbocycles. The monoisotopic (exact) mass is 251 g/mol. The second-order valence-corrected chi connectivity index (χ2v) is 3.92. The van der Waals surface area contributed by atoms with Crippen LogP contribution in [0.3, 0.4) is 0 Å². The molecule has 2 nitrogen and oxygen atoms in total. The fourth-order valence-corrected chi connectivity index (χ4v) is 1.87. The third-order valence-corrected chi connectivity index (χ3v) is 2.66. The van der Waals surface area contributed by atoms with E-state index in [9.17, 15) is 0 Å². The lowest BCUT2D eigenvalue weighted by Crippen LogP contribution is -2.18. The minimum atomic E-state index is 0.577. The summed E-state index contributed by atoms with van der Waals surface area (Å²) in [6, 6.07) is 20.1. The van der Waals surface area contributed by atoms with Gasteiger partial charge in [-0.15, -0.1) is 0 Å². The summed E-state index contributed by atoms with van der Waals surface area (Å²) >= 11 is 0. The minimum Gasteiger partial charge on any atom is -0.473 e. The average Bonchev–Trinajstić information content (AvgIpc) is 2.49. The maximum absolute atomic E-state index is 5.63. The molecule has 0 N–H and O–H groups in total. The topological polar surface area (TPSA) is 12.5 Å². The van der Waals surface area contributed by atoms with Gasteiger partial charge in [0, 0.05) is 11.4 Å². The van der Waals surface area contributed by atoms with Gasteiger partial charge in [0.25, 0.3) is 0 Å². The van der Waals surface area contributed by atoms with Gasteiger partial charge in [-0.3, -0.25) is 4.90 Å². The summed E-state index contributed by atoms with van der Waals surface area (Å²) in [5, 5.41) is 0. The normalized spacial score (nSPS) is 9.53. The summed E-state index contributed by atoms with van der Waals surface area (Å²) < 4.78 is 5.63.